The van der Waals surface area contributed by atoms with Gasteiger partial charge in [-0.25, -0.2) is 4.68 Å². The monoisotopic (exact) mass is 307 g/mol. The molecule has 0 spiro atoms. The van der Waals surface area contributed by atoms with Gasteiger partial charge >= 0.3 is 0 Å². The van der Waals surface area contributed by atoms with Gasteiger partial charge in [-0.05, 0) is 43.2 Å². The van der Waals surface area contributed by atoms with E-state index in [-0.39, 0.29) is 5.91 Å². The van der Waals surface area contributed by atoms with Crippen molar-refractivity contribution in [3.05, 3.63) is 71.9 Å². The third kappa shape index (κ3) is 2.90. The van der Waals surface area contributed by atoms with Crippen LogP contribution in [0.1, 0.15) is 40.7 Å². The Bertz CT molecular complexity index is 802. The number of aromatic nitrogens is 2. The first-order valence-electron chi connectivity index (χ1n) is 7.77. The summed E-state index contributed by atoms with van der Waals surface area (Å²) in [4.78, 5) is 12.6. The van der Waals surface area contributed by atoms with E-state index in [2.05, 4.69) is 10.4 Å². The fraction of sp³-hybridized carbons (Fsp3) is 0.222. The molecule has 1 N–H and O–H groups in total. The van der Waals surface area contributed by atoms with Crippen molar-refractivity contribution in [2.24, 2.45) is 0 Å². The molecule has 0 aliphatic heterocycles. The fourth-order valence-corrected chi connectivity index (χ4v) is 2.58. The molecule has 23 heavy (non-hydrogen) atoms. The minimum absolute atomic E-state index is 0.148. The van der Waals surface area contributed by atoms with Gasteiger partial charge in [-0.3, -0.25) is 4.79 Å². The number of benzene rings is 1. The zero-order valence-electron chi connectivity index (χ0n) is 12.6. The van der Waals surface area contributed by atoms with Gasteiger partial charge in [0, 0.05) is 5.92 Å². The summed E-state index contributed by atoms with van der Waals surface area (Å²) in [7, 11) is 0. The Hall–Kier alpha value is -2.82. The molecule has 2 aromatic heterocycles. The Labute approximate surface area is 133 Å². The van der Waals surface area contributed by atoms with Gasteiger partial charge in [-0.2, -0.15) is 5.10 Å². The summed E-state index contributed by atoms with van der Waals surface area (Å²) in [5.41, 5.74) is 2.45. The van der Waals surface area contributed by atoms with E-state index in [1.165, 1.54) is 0 Å². The molecular weight excluding hydrogens is 290 g/mol. The van der Waals surface area contributed by atoms with E-state index in [9.17, 15) is 4.79 Å². The summed E-state index contributed by atoms with van der Waals surface area (Å²) in [6.45, 7) is 0.366. The fourth-order valence-electron chi connectivity index (χ4n) is 2.58. The lowest BCUT2D eigenvalue weighted by atomic mass is 10.2. The highest BCUT2D eigenvalue weighted by Crippen LogP contribution is 2.39. The van der Waals surface area contributed by atoms with E-state index in [4.69, 9.17) is 4.42 Å². The summed E-state index contributed by atoms with van der Waals surface area (Å²) in [6.07, 6.45) is 3.90. The van der Waals surface area contributed by atoms with Crippen molar-refractivity contribution in [2.45, 2.75) is 25.3 Å². The highest BCUT2D eigenvalue weighted by atomic mass is 16.3. The number of nitrogens with zero attached hydrogens (tertiary/aromatic N) is 2. The second-order valence-electron chi connectivity index (χ2n) is 5.74. The first-order chi connectivity index (χ1) is 11.3. The van der Waals surface area contributed by atoms with E-state index in [1.807, 2.05) is 42.5 Å². The third-order valence-electron chi connectivity index (χ3n) is 3.96. The number of rotatable bonds is 5. The molecule has 2 heterocycles. The summed E-state index contributed by atoms with van der Waals surface area (Å²) in [5, 5.41) is 7.53. The van der Waals surface area contributed by atoms with Crippen molar-refractivity contribution in [3.8, 4) is 5.69 Å². The normalized spacial score (nSPS) is 13.9. The largest absolute Gasteiger partial charge is 0.467 e. The molecule has 0 saturated heterocycles. The number of hydrogen-bond acceptors (Lipinski definition) is 3. The lowest BCUT2D eigenvalue weighted by molar-refractivity contribution is 0.0940. The van der Waals surface area contributed by atoms with Gasteiger partial charge in [0.25, 0.3) is 5.91 Å². The first-order valence-corrected chi connectivity index (χ1v) is 7.77. The number of carbonyl (C=O) groups is 1. The topological polar surface area (TPSA) is 60.1 Å². The van der Waals surface area contributed by atoms with Gasteiger partial charge in [-0.1, -0.05) is 18.2 Å². The van der Waals surface area contributed by atoms with Crippen LogP contribution in [-0.4, -0.2) is 15.7 Å². The number of furan rings is 1. The Balaban J connectivity index is 1.62. The molecule has 1 amide bonds. The molecule has 3 aromatic rings. The zero-order chi connectivity index (χ0) is 15.6. The molecule has 1 fully saturated rings. The van der Waals surface area contributed by atoms with Crippen LogP contribution in [0.25, 0.3) is 5.69 Å². The van der Waals surface area contributed by atoms with Crippen molar-refractivity contribution in [1.82, 2.24) is 15.1 Å². The number of amides is 1. The van der Waals surface area contributed by atoms with Gasteiger partial charge in [0.2, 0.25) is 0 Å². The van der Waals surface area contributed by atoms with Crippen LogP contribution in [0, 0.1) is 0 Å². The molecule has 1 aromatic carbocycles. The number of carbonyl (C=O) groups excluding carboxylic acids is 1. The van der Waals surface area contributed by atoms with Gasteiger partial charge in [-0.15, -0.1) is 0 Å². The third-order valence-corrected chi connectivity index (χ3v) is 3.96. The standard InChI is InChI=1S/C18H17N3O2/c22-18(19-12-15-7-4-10-23-15)17-11-16(13-8-9-13)20-21(17)14-5-2-1-3-6-14/h1-7,10-11,13H,8-9,12H2,(H,19,22). The quantitative estimate of drug-likeness (QED) is 0.787. The van der Waals surface area contributed by atoms with Crippen LogP contribution in [0.3, 0.4) is 0 Å². The van der Waals surface area contributed by atoms with Crippen LogP contribution < -0.4 is 5.32 Å². The summed E-state index contributed by atoms with van der Waals surface area (Å²) >= 11 is 0. The Kier molecular flexibility index (Phi) is 3.46. The van der Waals surface area contributed by atoms with Gasteiger partial charge in [0.05, 0.1) is 24.2 Å². The zero-order valence-corrected chi connectivity index (χ0v) is 12.6. The summed E-state index contributed by atoms with van der Waals surface area (Å²) in [5.74, 6) is 1.08. The average Bonchev–Trinajstić information content (AvgIpc) is 3.13. The first kappa shape index (κ1) is 13.8. The van der Waals surface area contributed by atoms with E-state index in [0.29, 0.717) is 18.2 Å². The molecule has 0 radical (unpaired) electrons. The average molecular weight is 307 g/mol. The van der Waals surface area contributed by atoms with Crippen LogP contribution >= 0.6 is 0 Å². The predicted octanol–water partition coefficient (Wildman–Crippen LogP) is 3.27. The highest BCUT2D eigenvalue weighted by Gasteiger charge is 2.29. The minimum Gasteiger partial charge on any atom is -0.467 e. The van der Waals surface area contributed by atoms with Crippen molar-refractivity contribution < 1.29 is 9.21 Å². The molecule has 5 nitrogen and oxygen atoms in total. The Morgan fingerprint density at radius 3 is 2.74 bits per heavy atom. The SMILES string of the molecule is O=C(NCc1ccco1)c1cc(C2CC2)nn1-c1ccccc1. The maximum atomic E-state index is 12.6. The molecule has 116 valence electrons. The summed E-state index contributed by atoms with van der Waals surface area (Å²) in [6, 6.07) is 15.3. The molecule has 0 bridgehead atoms. The lowest BCUT2D eigenvalue weighted by Gasteiger charge is -2.07. The Morgan fingerprint density at radius 2 is 2.04 bits per heavy atom. The molecule has 0 atom stereocenters. The van der Waals surface area contributed by atoms with E-state index in [0.717, 1.165) is 30.0 Å². The van der Waals surface area contributed by atoms with Crippen LogP contribution in [0.4, 0.5) is 0 Å². The molecular formula is C18H17N3O2. The van der Waals surface area contributed by atoms with E-state index in [1.54, 1.807) is 17.0 Å². The maximum Gasteiger partial charge on any atom is 0.270 e. The van der Waals surface area contributed by atoms with E-state index >= 15 is 0 Å². The smallest absolute Gasteiger partial charge is 0.270 e. The predicted molar refractivity (Wildman–Crippen MR) is 85.4 cm³/mol. The molecule has 1 saturated carbocycles. The van der Waals surface area contributed by atoms with Gasteiger partial charge < -0.3 is 9.73 Å². The lowest BCUT2D eigenvalue weighted by Crippen LogP contribution is -2.25. The number of nitrogens with one attached hydrogen (secondary N) is 1. The van der Waals surface area contributed by atoms with E-state index < -0.39 is 0 Å². The van der Waals surface area contributed by atoms with Gasteiger partial charge in [0.15, 0.2) is 0 Å². The molecule has 5 heteroatoms. The minimum atomic E-state index is -0.148. The maximum absolute atomic E-state index is 12.6. The molecule has 1 aliphatic rings. The van der Waals surface area contributed by atoms with Crippen LogP contribution in [0.5, 0.6) is 0 Å². The van der Waals surface area contributed by atoms with Crippen molar-refractivity contribution >= 4 is 5.91 Å². The Morgan fingerprint density at radius 1 is 1.22 bits per heavy atom. The van der Waals surface area contributed by atoms with Crippen molar-refractivity contribution in [3.63, 3.8) is 0 Å². The van der Waals surface area contributed by atoms with Crippen LogP contribution in [0.2, 0.25) is 0 Å². The summed E-state index contributed by atoms with van der Waals surface area (Å²) < 4.78 is 6.98. The van der Waals surface area contributed by atoms with Crippen LogP contribution in [-0.2, 0) is 6.54 Å². The van der Waals surface area contributed by atoms with Gasteiger partial charge in [0.1, 0.15) is 11.5 Å². The second kappa shape index (κ2) is 5.76. The number of hydrogen-bond donors (Lipinski definition) is 1. The number of para-hydroxylation sites is 1. The second-order valence-corrected chi connectivity index (χ2v) is 5.74. The molecule has 1 aliphatic carbocycles. The van der Waals surface area contributed by atoms with Crippen molar-refractivity contribution in [2.75, 3.05) is 0 Å². The molecule has 4 rings (SSSR count). The molecule has 0 unspecified atom stereocenters. The highest BCUT2D eigenvalue weighted by molar-refractivity contribution is 5.93. The van der Waals surface area contributed by atoms with Crippen molar-refractivity contribution in [1.29, 1.82) is 0 Å². The van der Waals surface area contributed by atoms with Crippen LogP contribution in [0.15, 0.2) is 59.2 Å².